The second-order valence-electron chi connectivity index (χ2n) is 6.43. The van der Waals surface area contributed by atoms with Crippen molar-refractivity contribution in [2.45, 2.75) is 27.3 Å². The van der Waals surface area contributed by atoms with Gasteiger partial charge < -0.3 is 25.6 Å². The molecule has 0 unspecified atom stereocenters. The van der Waals surface area contributed by atoms with Crippen LogP contribution < -0.4 is 16.4 Å². The molecule has 0 radical (unpaired) electrons. The number of fused-ring (bicyclic) bond motifs is 1. The highest BCUT2D eigenvalue weighted by Gasteiger charge is 2.11. The van der Waals surface area contributed by atoms with Gasteiger partial charge in [-0.15, -0.1) is 0 Å². The number of benzene rings is 1. The van der Waals surface area contributed by atoms with Crippen LogP contribution in [0.5, 0.6) is 0 Å². The Balaban J connectivity index is 0.00000122. The predicted molar refractivity (Wildman–Crippen MR) is 125 cm³/mol. The van der Waals surface area contributed by atoms with Crippen molar-refractivity contribution in [2.75, 3.05) is 36.2 Å². The van der Waals surface area contributed by atoms with E-state index in [2.05, 4.69) is 25.6 Å². The number of esters is 1. The molecule has 11 heteroatoms. The van der Waals surface area contributed by atoms with E-state index in [0.29, 0.717) is 35.4 Å². The molecule has 0 spiro atoms. The van der Waals surface area contributed by atoms with E-state index in [1.54, 1.807) is 57.3 Å². The zero-order chi connectivity index (χ0) is 24.2. The topological polar surface area (TPSA) is 162 Å². The number of rotatable bonds is 7. The average Bonchev–Trinajstić information content (AvgIpc) is 2.79. The summed E-state index contributed by atoms with van der Waals surface area (Å²) in [5.74, 6) is 0.0250. The van der Waals surface area contributed by atoms with Gasteiger partial charge >= 0.3 is 12.1 Å². The quantitative estimate of drug-likeness (QED) is 0.389. The van der Waals surface area contributed by atoms with Gasteiger partial charge in [0.1, 0.15) is 11.3 Å². The molecule has 0 aliphatic rings. The number of pyridine rings is 1. The molecule has 33 heavy (non-hydrogen) atoms. The van der Waals surface area contributed by atoms with Gasteiger partial charge in [0, 0.05) is 18.4 Å². The van der Waals surface area contributed by atoms with Gasteiger partial charge in [0.2, 0.25) is 0 Å². The van der Waals surface area contributed by atoms with Crippen LogP contribution in [0.2, 0.25) is 0 Å². The fourth-order valence-corrected chi connectivity index (χ4v) is 2.63. The number of carbonyl (C=O) groups excluding carboxylic acids is 2. The van der Waals surface area contributed by atoms with Crippen molar-refractivity contribution in [3.63, 3.8) is 0 Å². The van der Waals surface area contributed by atoms with Crippen molar-refractivity contribution in [3.05, 3.63) is 47.8 Å². The maximum atomic E-state index is 11.7. The van der Waals surface area contributed by atoms with Crippen LogP contribution in [0.3, 0.4) is 0 Å². The van der Waals surface area contributed by atoms with E-state index in [1.165, 1.54) is 0 Å². The van der Waals surface area contributed by atoms with Crippen LogP contribution in [0.25, 0.3) is 11.0 Å². The van der Waals surface area contributed by atoms with Gasteiger partial charge in [0.25, 0.3) is 0 Å². The number of ether oxygens (including phenoxy) is 2. The summed E-state index contributed by atoms with van der Waals surface area (Å²) in [5.41, 5.74) is 8.86. The molecule has 5 N–H and O–H groups in total. The third-order valence-electron chi connectivity index (χ3n) is 3.98. The van der Waals surface area contributed by atoms with Gasteiger partial charge in [-0.2, -0.15) is 0 Å². The number of aromatic nitrogens is 3. The molecule has 0 bridgehead atoms. The summed E-state index contributed by atoms with van der Waals surface area (Å²) < 4.78 is 9.79. The molecule has 1 aromatic carbocycles. The first kappa shape index (κ1) is 25.3. The fraction of sp³-hybridized carbons (Fsp3) is 0.318. The summed E-state index contributed by atoms with van der Waals surface area (Å²) in [7, 11) is 0. The fourth-order valence-electron chi connectivity index (χ4n) is 2.63. The minimum Gasteiger partial charge on any atom is -0.462 e. The first-order valence-corrected chi connectivity index (χ1v) is 10.4. The van der Waals surface area contributed by atoms with Gasteiger partial charge in [-0.1, -0.05) is 0 Å². The monoisotopic (exact) mass is 456 g/mol. The highest BCUT2D eigenvalue weighted by atomic mass is 16.5. The number of carbonyl (C=O) groups is 2. The summed E-state index contributed by atoms with van der Waals surface area (Å²) in [6.07, 6.45) is 0.988. The number of aliphatic hydroxyl groups is 1. The highest BCUT2D eigenvalue weighted by molar-refractivity contribution is 5.91. The van der Waals surface area contributed by atoms with E-state index in [1.807, 2.05) is 0 Å². The lowest BCUT2D eigenvalue weighted by Gasteiger charge is -2.09. The molecule has 0 atom stereocenters. The van der Waals surface area contributed by atoms with Crippen LogP contribution in [0, 0.1) is 0 Å². The van der Waals surface area contributed by atoms with Gasteiger partial charge in [0.05, 0.1) is 42.7 Å². The Kier molecular flexibility index (Phi) is 9.78. The molecule has 0 fully saturated rings. The number of amides is 1. The van der Waals surface area contributed by atoms with Crippen molar-refractivity contribution in [3.8, 4) is 0 Å². The van der Waals surface area contributed by atoms with E-state index >= 15 is 0 Å². The number of aliphatic hydroxyl groups excluding tert-OH is 1. The Bertz CT molecular complexity index is 1070. The van der Waals surface area contributed by atoms with E-state index in [-0.39, 0.29) is 30.8 Å². The number of nitrogens with one attached hydrogen (secondary N) is 2. The molecule has 176 valence electrons. The molecule has 2 aromatic heterocycles. The summed E-state index contributed by atoms with van der Waals surface area (Å²) in [6.45, 7) is 6.37. The van der Waals surface area contributed by atoms with Crippen LogP contribution in [-0.4, -0.2) is 51.9 Å². The van der Waals surface area contributed by atoms with Crippen LogP contribution in [-0.2, 0) is 16.0 Å². The predicted octanol–water partition coefficient (Wildman–Crippen LogP) is 2.96. The number of nitrogen functional groups attached to an aromatic ring is 1. The van der Waals surface area contributed by atoms with Gasteiger partial charge in [0.15, 0.2) is 5.82 Å². The molecular formula is C22H28N6O5. The van der Waals surface area contributed by atoms with Crippen LogP contribution >= 0.6 is 0 Å². The smallest absolute Gasteiger partial charge is 0.412 e. The molecular weight excluding hydrogens is 428 g/mol. The van der Waals surface area contributed by atoms with Crippen molar-refractivity contribution >= 4 is 40.4 Å². The zero-order valence-electron chi connectivity index (χ0n) is 18.8. The van der Waals surface area contributed by atoms with Crippen LogP contribution in [0.15, 0.2) is 36.5 Å². The molecule has 3 aromatic rings. The second kappa shape index (κ2) is 12.8. The SMILES string of the molecule is CCO.CCOC(=O)Nc1cc2ncc(CNc3ccc(C(=O)OCC)cc3)nc2c(N)n1. The third-order valence-corrected chi connectivity index (χ3v) is 3.98. The van der Waals surface area contributed by atoms with E-state index < -0.39 is 6.09 Å². The Labute approximate surface area is 191 Å². The molecule has 3 rings (SSSR count). The van der Waals surface area contributed by atoms with E-state index in [4.69, 9.17) is 20.3 Å². The lowest BCUT2D eigenvalue weighted by molar-refractivity contribution is 0.0526. The second-order valence-corrected chi connectivity index (χ2v) is 6.43. The minimum absolute atomic E-state index is 0.146. The lowest BCUT2D eigenvalue weighted by atomic mass is 10.2. The molecule has 11 nitrogen and oxygen atoms in total. The molecule has 0 saturated carbocycles. The number of nitrogens with two attached hydrogens (primary N) is 1. The molecule has 0 saturated heterocycles. The van der Waals surface area contributed by atoms with Gasteiger partial charge in [-0.05, 0) is 45.0 Å². The molecule has 0 aliphatic carbocycles. The minimum atomic E-state index is -0.619. The standard InChI is InChI=1S/C20H22N6O4.C2H6O/c1-3-29-19(27)12-5-7-13(8-6-12)22-10-14-11-23-15-9-16(26-20(28)30-4-2)25-18(21)17(15)24-14;1-2-3/h5-9,11,22H,3-4,10H2,1-2H3,(H3,21,25,26,28);3H,2H2,1H3. The first-order valence-electron chi connectivity index (χ1n) is 10.4. The highest BCUT2D eigenvalue weighted by Crippen LogP contribution is 2.20. The van der Waals surface area contributed by atoms with Gasteiger partial charge in [-0.25, -0.2) is 19.6 Å². The van der Waals surface area contributed by atoms with E-state index in [9.17, 15) is 9.59 Å². The first-order chi connectivity index (χ1) is 15.9. The Morgan fingerprint density at radius 3 is 2.36 bits per heavy atom. The van der Waals surface area contributed by atoms with Crippen LogP contribution in [0.1, 0.15) is 36.8 Å². The lowest BCUT2D eigenvalue weighted by Crippen LogP contribution is -2.15. The van der Waals surface area contributed by atoms with Crippen molar-refractivity contribution in [1.29, 1.82) is 0 Å². The third kappa shape index (κ3) is 7.58. The molecule has 2 heterocycles. The number of anilines is 3. The Morgan fingerprint density at radius 1 is 1.06 bits per heavy atom. The van der Waals surface area contributed by atoms with Gasteiger partial charge in [-0.3, -0.25) is 10.3 Å². The maximum absolute atomic E-state index is 11.7. The van der Waals surface area contributed by atoms with Crippen LogP contribution in [0.4, 0.5) is 22.1 Å². The molecule has 0 aliphatic heterocycles. The number of hydrogen-bond acceptors (Lipinski definition) is 10. The zero-order valence-corrected chi connectivity index (χ0v) is 18.8. The van der Waals surface area contributed by atoms with E-state index in [0.717, 1.165) is 5.69 Å². The van der Waals surface area contributed by atoms with Crippen molar-refractivity contribution in [1.82, 2.24) is 15.0 Å². The normalized spacial score (nSPS) is 10.1. The number of hydrogen-bond donors (Lipinski definition) is 4. The Hall–Kier alpha value is -3.99. The maximum Gasteiger partial charge on any atom is 0.412 e. The largest absolute Gasteiger partial charge is 0.462 e. The summed E-state index contributed by atoms with van der Waals surface area (Å²) in [4.78, 5) is 36.2. The molecule has 1 amide bonds. The Morgan fingerprint density at radius 2 is 1.73 bits per heavy atom. The summed E-state index contributed by atoms with van der Waals surface area (Å²) in [5, 5.41) is 13.3. The van der Waals surface area contributed by atoms with Crippen molar-refractivity contribution in [2.24, 2.45) is 0 Å². The number of nitrogens with zero attached hydrogens (tertiary/aromatic N) is 3. The van der Waals surface area contributed by atoms with Crippen molar-refractivity contribution < 1.29 is 24.2 Å². The summed E-state index contributed by atoms with van der Waals surface area (Å²) >= 11 is 0. The summed E-state index contributed by atoms with van der Waals surface area (Å²) in [6, 6.07) is 8.51. The average molecular weight is 457 g/mol.